The van der Waals surface area contributed by atoms with Crippen LogP contribution in [0.3, 0.4) is 0 Å². The highest BCUT2D eigenvalue weighted by Gasteiger charge is 2.44. The second-order valence-electron chi connectivity index (χ2n) is 7.48. The van der Waals surface area contributed by atoms with E-state index in [4.69, 9.17) is 23.1 Å². The van der Waals surface area contributed by atoms with Gasteiger partial charge in [-0.3, -0.25) is 9.79 Å². The summed E-state index contributed by atoms with van der Waals surface area (Å²) in [5.41, 5.74) is 6.27. The van der Waals surface area contributed by atoms with Crippen LogP contribution in [0.1, 0.15) is 50.4 Å². The van der Waals surface area contributed by atoms with E-state index in [1.54, 1.807) is 6.07 Å². The van der Waals surface area contributed by atoms with Crippen LogP contribution in [-0.2, 0) is 0 Å². The number of benzene rings is 1. The highest BCUT2D eigenvalue weighted by atomic mass is 32.1. The molecule has 0 bridgehead atoms. The molecule has 1 aliphatic heterocycles. The number of likely N-dealkylation sites (N-methyl/N-ethyl adjacent to an activating group) is 1. The molecule has 2 rings (SSSR count). The van der Waals surface area contributed by atoms with Gasteiger partial charge in [-0.2, -0.15) is 0 Å². The Bertz CT molecular complexity index is 689. The molecule has 1 fully saturated rings. The minimum absolute atomic E-state index is 0.152. The maximum Gasteiger partial charge on any atom is 0.250 e. The number of carbonyl (C=O) groups is 1. The summed E-state index contributed by atoms with van der Waals surface area (Å²) in [6.45, 7) is 11.6. The predicted octanol–water partition coefficient (Wildman–Crippen LogP) is 2.87. The van der Waals surface area contributed by atoms with Gasteiger partial charge >= 0.3 is 0 Å². The van der Waals surface area contributed by atoms with Crippen molar-refractivity contribution in [2.45, 2.75) is 56.5 Å². The highest BCUT2D eigenvalue weighted by molar-refractivity contribution is 7.82. The third-order valence-electron chi connectivity index (χ3n) is 5.89. The van der Waals surface area contributed by atoms with Gasteiger partial charge in [-0.05, 0) is 71.1 Å². The Hall–Kier alpha value is -1.73. The first-order valence-electron chi connectivity index (χ1n) is 9.41. The van der Waals surface area contributed by atoms with Gasteiger partial charge in [0.15, 0.2) is 0 Å². The van der Waals surface area contributed by atoms with E-state index in [-0.39, 0.29) is 6.10 Å². The quantitative estimate of drug-likeness (QED) is 0.361. The van der Waals surface area contributed by atoms with Gasteiger partial charge in [0.25, 0.3) is 5.91 Å². The molecule has 1 heterocycles. The van der Waals surface area contributed by atoms with Gasteiger partial charge in [0.2, 0.25) is 0 Å². The summed E-state index contributed by atoms with van der Waals surface area (Å²) in [5.74, 6) is 0.162. The van der Waals surface area contributed by atoms with Gasteiger partial charge in [0.1, 0.15) is 16.7 Å². The molecule has 2 atom stereocenters. The normalized spacial score (nSPS) is 19.6. The van der Waals surface area contributed by atoms with Crippen molar-refractivity contribution in [2.75, 3.05) is 25.0 Å². The van der Waals surface area contributed by atoms with Crippen LogP contribution in [0.4, 0.5) is 5.69 Å². The first-order chi connectivity index (χ1) is 12.7. The molecular weight excluding hydrogens is 360 g/mol. The van der Waals surface area contributed by atoms with Crippen molar-refractivity contribution < 1.29 is 9.53 Å². The zero-order valence-electron chi connectivity index (χ0n) is 16.8. The van der Waals surface area contributed by atoms with E-state index in [0.29, 0.717) is 17.0 Å². The summed E-state index contributed by atoms with van der Waals surface area (Å²) >= 11 is 4.88. The largest absolute Gasteiger partial charge is 0.490 e. The molecule has 0 aromatic heterocycles. The fourth-order valence-corrected chi connectivity index (χ4v) is 3.71. The molecule has 27 heavy (non-hydrogen) atoms. The van der Waals surface area contributed by atoms with E-state index < -0.39 is 16.3 Å². The molecule has 1 aromatic rings. The molecule has 7 heteroatoms. The molecule has 0 saturated carbocycles. The number of hydrogen-bond acceptors (Lipinski definition) is 6. The van der Waals surface area contributed by atoms with Crippen molar-refractivity contribution >= 4 is 30.9 Å². The summed E-state index contributed by atoms with van der Waals surface area (Å²) in [7, 11) is 1.89. The number of nitrogens with two attached hydrogens (primary N) is 1. The lowest BCUT2D eigenvalue weighted by Gasteiger charge is -2.47. The van der Waals surface area contributed by atoms with Crippen LogP contribution < -0.4 is 20.7 Å². The molecule has 6 nitrogen and oxygen atoms in total. The van der Waals surface area contributed by atoms with Gasteiger partial charge in [-0.25, -0.2) is 0 Å². The Morgan fingerprint density at radius 2 is 2.07 bits per heavy atom. The van der Waals surface area contributed by atoms with Crippen molar-refractivity contribution in [3.63, 3.8) is 0 Å². The van der Waals surface area contributed by atoms with Crippen LogP contribution in [0.25, 0.3) is 0 Å². The summed E-state index contributed by atoms with van der Waals surface area (Å²) < 4.78 is 6.06. The number of nitrogens with one attached hydrogen (secondary N) is 1. The lowest BCUT2D eigenvalue weighted by atomic mass is 9.88. The maximum absolute atomic E-state index is 12.2. The molecule has 3 N–H and O–H groups in total. The molecule has 0 aliphatic carbocycles. The predicted molar refractivity (Wildman–Crippen MR) is 116 cm³/mol. The van der Waals surface area contributed by atoms with Crippen molar-refractivity contribution in [2.24, 2.45) is 10.7 Å². The minimum Gasteiger partial charge on any atom is -0.490 e. The number of rotatable bonds is 8. The number of amides is 1. The fourth-order valence-electron chi connectivity index (χ4n) is 3.38. The summed E-state index contributed by atoms with van der Waals surface area (Å²) in [5, 5.41) is 3.31. The first-order valence-corrected chi connectivity index (χ1v) is 9.86. The monoisotopic (exact) mass is 392 g/mol. The number of piperidine rings is 1. The molecule has 0 spiro atoms. The average Bonchev–Trinajstić information content (AvgIpc) is 2.67. The van der Waals surface area contributed by atoms with E-state index in [2.05, 4.69) is 17.0 Å². The van der Waals surface area contributed by atoms with Crippen LogP contribution in [0.2, 0.25) is 0 Å². The number of thiol groups is 1. The molecule has 0 radical (unpaired) electrons. The van der Waals surface area contributed by atoms with E-state index in [1.165, 1.54) is 0 Å². The second-order valence-corrected chi connectivity index (χ2v) is 8.35. The molecule has 1 unspecified atom stereocenters. The number of ether oxygens (including phenoxy) is 1. The van der Waals surface area contributed by atoms with Gasteiger partial charge in [-0.1, -0.05) is 6.92 Å². The minimum atomic E-state index is -0.675. The smallest absolute Gasteiger partial charge is 0.250 e. The third-order valence-corrected chi connectivity index (χ3v) is 6.68. The Labute approximate surface area is 168 Å². The van der Waals surface area contributed by atoms with E-state index in [0.717, 1.165) is 32.4 Å². The third kappa shape index (κ3) is 4.41. The Morgan fingerprint density at radius 1 is 1.44 bits per heavy atom. The van der Waals surface area contributed by atoms with Gasteiger partial charge in [0, 0.05) is 7.05 Å². The first kappa shape index (κ1) is 21.6. The highest BCUT2D eigenvalue weighted by Crippen LogP contribution is 2.41. The van der Waals surface area contributed by atoms with Crippen LogP contribution in [-0.4, -0.2) is 49.3 Å². The molecule has 150 valence electrons. The zero-order valence-corrected chi connectivity index (χ0v) is 17.7. The Kier molecular flexibility index (Phi) is 6.81. The number of carbonyl (C=O) groups excluding carboxylic acids is 1. The Morgan fingerprint density at radius 3 is 2.59 bits per heavy atom. The number of aliphatic imine (C=N–C) groups is 1. The standard InChI is InChI=1S/C20H32N4O2S/c1-6-19(2,22-4)20(3,27)24(5)17-8-7-15(13-16(17)18(21)25)26-14-9-11-23-12-10-14/h7-8,13-14,23,27H,4,6,9-12H2,1-3,5H3,(H2,21,25)/t19?,20-/m0/s1. The number of primary amides is 1. The number of nitrogens with zero attached hydrogens (tertiary/aromatic N) is 2. The van der Waals surface area contributed by atoms with Crippen LogP contribution >= 0.6 is 12.6 Å². The van der Waals surface area contributed by atoms with Crippen molar-refractivity contribution in [1.29, 1.82) is 0 Å². The van der Waals surface area contributed by atoms with E-state index >= 15 is 0 Å². The number of anilines is 1. The van der Waals surface area contributed by atoms with E-state index in [9.17, 15) is 4.79 Å². The second kappa shape index (κ2) is 8.52. The molecule has 1 saturated heterocycles. The SMILES string of the molecule is C=NC(C)(CC)[C@](C)(S)N(C)c1ccc(OC2CCNCC2)cc1C(N)=O. The average molecular weight is 393 g/mol. The molecule has 1 amide bonds. The van der Waals surface area contributed by atoms with E-state index in [1.807, 2.05) is 44.9 Å². The molecule has 1 aromatic carbocycles. The van der Waals surface area contributed by atoms with Crippen molar-refractivity contribution in [3.05, 3.63) is 23.8 Å². The van der Waals surface area contributed by atoms with Crippen molar-refractivity contribution in [3.8, 4) is 5.75 Å². The van der Waals surface area contributed by atoms with Gasteiger partial charge in [-0.15, -0.1) is 12.6 Å². The van der Waals surface area contributed by atoms with Gasteiger partial charge < -0.3 is 20.7 Å². The van der Waals surface area contributed by atoms with Crippen LogP contribution in [0.5, 0.6) is 5.75 Å². The lowest BCUT2D eigenvalue weighted by molar-refractivity contribution is 0.0999. The molecule has 1 aliphatic rings. The fraction of sp³-hybridized carbons (Fsp3) is 0.600. The summed E-state index contributed by atoms with van der Waals surface area (Å²) in [6.07, 6.45) is 2.80. The molecular formula is C20H32N4O2S. The Balaban J connectivity index is 2.35. The summed E-state index contributed by atoms with van der Waals surface area (Å²) in [4.78, 5) is 17.7. The maximum atomic E-state index is 12.2. The zero-order chi connectivity index (χ0) is 20.2. The van der Waals surface area contributed by atoms with Crippen LogP contribution in [0.15, 0.2) is 23.2 Å². The lowest BCUT2D eigenvalue weighted by Crippen LogP contribution is -2.55. The van der Waals surface area contributed by atoms with Crippen LogP contribution in [0, 0.1) is 0 Å². The number of hydrogen-bond donors (Lipinski definition) is 3. The van der Waals surface area contributed by atoms with Crippen molar-refractivity contribution in [1.82, 2.24) is 5.32 Å². The van der Waals surface area contributed by atoms with Gasteiger partial charge in [0.05, 0.1) is 16.8 Å². The summed E-state index contributed by atoms with van der Waals surface area (Å²) in [6, 6.07) is 5.48. The topological polar surface area (TPSA) is 79.9 Å².